The summed E-state index contributed by atoms with van der Waals surface area (Å²) in [4.78, 5) is 29.6. The number of rotatable bonds is 4. The Morgan fingerprint density at radius 1 is 0.912 bits per heavy atom. The number of hydrogen-bond acceptors (Lipinski definition) is 5. The van der Waals surface area contributed by atoms with Crippen LogP contribution in [0.1, 0.15) is 11.1 Å². The molecule has 0 spiro atoms. The van der Waals surface area contributed by atoms with Gasteiger partial charge in [0, 0.05) is 37.4 Å². The van der Waals surface area contributed by atoms with Crippen molar-refractivity contribution in [1.29, 1.82) is 0 Å². The first-order valence-electron chi connectivity index (χ1n) is 11.2. The number of benzene rings is 2. The highest BCUT2D eigenvalue weighted by atomic mass is 19.1. The van der Waals surface area contributed by atoms with Gasteiger partial charge in [-0.2, -0.15) is 9.61 Å². The first kappa shape index (κ1) is 21.8. The zero-order chi connectivity index (χ0) is 23.8. The van der Waals surface area contributed by atoms with Crippen molar-refractivity contribution in [2.75, 3.05) is 31.1 Å². The zero-order valence-electron chi connectivity index (χ0n) is 19.1. The fourth-order valence-electron chi connectivity index (χ4n) is 4.16. The van der Waals surface area contributed by atoms with Gasteiger partial charge in [-0.1, -0.05) is 12.1 Å². The first-order valence-corrected chi connectivity index (χ1v) is 11.2. The highest BCUT2D eigenvalue weighted by Gasteiger charge is 2.23. The van der Waals surface area contributed by atoms with E-state index in [0.717, 1.165) is 16.8 Å². The summed E-state index contributed by atoms with van der Waals surface area (Å²) in [6, 6.07) is 15.9. The average Bonchev–Trinajstić information content (AvgIpc) is 3.16. The summed E-state index contributed by atoms with van der Waals surface area (Å²) < 4.78 is 15.6. The minimum absolute atomic E-state index is 0.141. The number of amides is 1. The van der Waals surface area contributed by atoms with Gasteiger partial charge >= 0.3 is 5.69 Å². The molecule has 0 saturated carbocycles. The summed E-state index contributed by atoms with van der Waals surface area (Å²) in [5, 5.41) is 8.76. The summed E-state index contributed by atoms with van der Waals surface area (Å²) in [5.74, 6) is -0.440. The van der Waals surface area contributed by atoms with Crippen LogP contribution in [0, 0.1) is 19.7 Å². The predicted molar refractivity (Wildman–Crippen MR) is 127 cm³/mol. The lowest BCUT2D eigenvalue weighted by atomic mass is 10.0. The Kier molecular flexibility index (Phi) is 5.61. The number of fused-ring (bicyclic) bond motifs is 1. The third-order valence-electron chi connectivity index (χ3n) is 6.35. The van der Waals surface area contributed by atoms with Crippen LogP contribution < -0.4 is 10.6 Å². The Balaban J connectivity index is 1.29. The molecule has 2 aromatic carbocycles. The molecule has 1 fully saturated rings. The number of nitrogens with zero attached hydrogens (tertiary/aromatic N) is 6. The molecule has 8 nitrogen and oxygen atoms in total. The van der Waals surface area contributed by atoms with E-state index in [2.05, 4.69) is 15.1 Å². The Hall–Kier alpha value is -4.01. The first-order chi connectivity index (χ1) is 16.4. The van der Waals surface area contributed by atoms with Gasteiger partial charge < -0.3 is 9.80 Å². The van der Waals surface area contributed by atoms with Gasteiger partial charge in [0.1, 0.15) is 12.4 Å². The maximum absolute atomic E-state index is 13.2. The smallest absolute Gasteiger partial charge is 0.367 e. The number of aromatic nitrogens is 4. The van der Waals surface area contributed by atoms with Gasteiger partial charge in [0.2, 0.25) is 5.91 Å². The molecule has 5 rings (SSSR count). The fourth-order valence-corrected chi connectivity index (χ4v) is 4.16. The van der Waals surface area contributed by atoms with E-state index in [0.29, 0.717) is 37.5 Å². The second kappa shape index (κ2) is 8.74. The van der Waals surface area contributed by atoms with Gasteiger partial charge in [-0.25, -0.2) is 13.9 Å². The summed E-state index contributed by atoms with van der Waals surface area (Å²) in [5.41, 5.74) is 4.79. The highest BCUT2D eigenvalue weighted by Crippen LogP contribution is 2.20. The second-order valence-corrected chi connectivity index (χ2v) is 8.57. The summed E-state index contributed by atoms with van der Waals surface area (Å²) in [6.07, 6.45) is 0. The molecule has 0 aliphatic carbocycles. The second-order valence-electron chi connectivity index (χ2n) is 8.57. The van der Waals surface area contributed by atoms with Crippen molar-refractivity contribution in [3.8, 4) is 11.3 Å². The molecule has 2 aromatic heterocycles. The van der Waals surface area contributed by atoms with Crippen molar-refractivity contribution in [2.24, 2.45) is 0 Å². The number of carbonyl (C=O) groups excluding carboxylic acids is 1. The minimum Gasteiger partial charge on any atom is -0.368 e. The molecule has 174 valence electrons. The number of halogens is 1. The topological polar surface area (TPSA) is 75.7 Å². The number of aryl methyl sites for hydroxylation is 2. The van der Waals surface area contributed by atoms with E-state index in [1.54, 1.807) is 23.1 Å². The van der Waals surface area contributed by atoms with Crippen LogP contribution in [0.4, 0.5) is 10.1 Å². The Morgan fingerprint density at radius 3 is 2.35 bits per heavy atom. The van der Waals surface area contributed by atoms with Crippen LogP contribution in [0.3, 0.4) is 0 Å². The van der Waals surface area contributed by atoms with E-state index in [4.69, 9.17) is 0 Å². The van der Waals surface area contributed by atoms with Crippen LogP contribution in [-0.4, -0.2) is 56.4 Å². The molecule has 3 heterocycles. The van der Waals surface area contributed by atoms with Crippen molar-refractivity contribution in [1.82, 2.24) is 24.3 Å². The maximum atomic E-state index is 13.2. The van der Waals surface area contributed by atoms with Crippen molar-refractivity contribution < 1.29 is 9.18 Å². The van der Waals surface area contributed by atoms with Crippen LogP contribution in [-0.2, 0) is 11.3 Å². The minimum atomic E-state index is -0.445. The largest absolute Gasteiger partial charge is 0.368 e. The SMILES string of the molecule is Cc1ccc(-c2ccc3nn(CC(=O)N4CCN(c5ccc(F)cc5)CC4)c(=O)n3n2)cc1C. The van der Waals surface area contributed by atoms with Gasteiger partial charge in [-0.15, -0.1) is 5.10 Å². The van der Waals surface area contributed by atoms with Crippen LogP contribution >= 0.6 is 0 Å². The van der Waals surface area contributed by atoms with Crippen LogP contribution in [0.15, 0.2) is 59.4 Å². The molecule has 34 heavy (non-hydrogen) atoms. The monoisotopic (exact) mass is 460 g/mol. The predicted octanol–water partition coefficient (Wildman–Crippen LogP) is 2.66. The molecular weight excluding hydrogens is 435 g/mol. The zero-order valence-corrected chi connectivity index (χ0v) is 19.1. The van der Waals surface area contributed by atoms with Crippen LogP contribution in [0.5, 0.6) is 0 Å². The van der Waals surface area contributed by atoms with Crippen molar-refractivity contribution >= 4 is 17.2 Å². The maximum Gasteiger partial charge on any atom is 0.367 e. The normalized spacial score (nSPS) is 14.1. The molecule has 0 radical (unpaired) electrons. The van der Waals surface area contributed by atoms with Gasteiger partial charge in [-0.3, -0.25) is 4.79 Å². The van der Waals surface area contributed by atoms with E-state index in [9.17, 15) is 14.0 Å². The number of carbonyl (C=O) groups is 1. The summed E-state index contributed by atoms with van der Waals surface area (Å²) in [7, 11) is 0. The quantitative estimate of drug-likeness (QED) is 0.468. The molecular formula is C25H25FN6O2. The number of hydrogen-bond donors (Lipinski definition) is 0. The fraction of sp³-hybridized carbons (Fsp3) is 0.280. The third-order valence-corrected chi connectivity index (χ3v) is 6.35. The van der Waals surface area contributed by atoms with Crippen molar-refractivity contribution in [3.05, 3.63) is 82.0 Å². The molecule has 1 aliphatic heterocycles. The molecule has 0 atom stereocenters. The standard InChI is InChI=1S/C25H25FN6O2/c1-17-3-4-19(15-18(17)2)22-9-10-23-28-31(25(34)32(23)27-22)16-24(33)30-13-11-29(12-14-30)21-7-5-20(26)6-8-21/h3-10,15H,11-14,16H2,1-2H3. The van der Waals surface area contributed by atoms with E-state index in [-0.39, 0.29) is 18.3 Å². The highest BCUT2D eigenvalue weighted by molar-refractivity contribution is 5.76. The van der Waals surface area contributed by atoms with Crippen LogP contribution in [0.25, 0.3) is 16.9 Å². The molecule has 0 unspecified atom stereocenters. The van der Waals surface area contributed by atoms with E-state index in [1.807, 2.05) is 38.1 Å². The Morgan fingerprint density at radius 2 is 1.65 bits per heavy atom. The van der Waals surface area contributed by atoms with Crippen molar-refractivity contribution in [2.45, 2.75) is 20.4 Å². The lowest BCUT2D eigenvalue weighted by Crippen LogP contribution is -2.50. The van der Waals surface area contributed by atoms with Crippen molar-refractivity contribution in [3.63, 3.8) is 0 Å². The van der Waals surface area contributed by atoms with E-state index >= 15 is 0 Å². The summed E-state index contributed by atoms with van der Waals surface area (Å²) >= 11 is 0. The van der Waals surface area contributed by atoms with E-state index in [1.165, 1.54) is 26.9 Å². The molecule has 0 bridgehead atoms. The van der Waals surface area contributed by atoms with Gasteiger partial charge in [0.05, 0.1) is 5.69 Å². The number of piperazine rings is 1. The third kappa shape index (κ3) is 4.16. The Bertz CT molecular complexity index is 1420. The molecule has 9 heteroatoms. The Labute approximate surface area is 195 Å². The van der Waals surface area contributed by atoms with Gasteiger partial charge in [-0.05, 0) is 67.4 Å². The molecule has 0 N–H and O–H groups in total. The molecule has 1 amide bonds. The van der Waals surface area contributed by atoms with Crippen LogP contribution in [0.2, 0.25) is 0 Å². The lowest BCUT2D eigenvalue weighted by Gasteiger charge is -2.36. The summed E-state index contributed by atoms with van der Waals surface area (Å²) in [6.45, 7) is 6.26. The molecule has 1 saturated heterocycles. The van der Waals surface area contributed by atoms with Gasteiger partial charge in [0.15, 0.2) is 5.65 Å². The molecule has 1 aliphatic rings. The average molecular weight is 461 g/mol. The number of anilines is 1. The lowest BCUT2D eigenvalue weighted by molar-refractivity contribution is -0.132. The molecule has 4 aromatic rings. The van der Waals surface area contributed by atoms with E-state index < -0.39 is 5.69 Å². The van der Waals surface area contributed by atoms with Gasteiger partial charge in [0.25, 0.3) is 0 Å².